The van der Waals surface area contributed by atoms with Crippen molar-refractivity contribution in [2.24, 2.45) is 5.92 Å². The molecule has 3 N–H and O–H groups in total. The zero-order chi connectivity index (χ0) is 24.0. The number of nitro benzene ring substituents is 1. The Morgan fingerprint density at radius 3 is 2.64 bits per heavy atom. The molecule has 1 atom stereocenters. The van der Waals surface area contributed by atoms with E-state index in [2.05, 4.69) is 25.8 Å². The highest BCUT2D eigenvalue weighted by atomic mass is 32.2. The van der Waals surface area contributed by atoms with E-state index >= 15 is 0 Å². The van der Waals surface area contributed by atoms with Gasteiger partial charge in [-0.05, 0) is 36.6 Å². The first-order valence-electron chi connectivity index (χ1n) is 10.2. The first kappa shape index (κ1) is 23.9. The van der Waals surface area contributed by atoms with Crippen molar-refractivity contribution >= 4 is 35.0 Å². The number of hydrogen-bond acceptors (Lipinski definition) is 7. The quantitative estimate of drug-likeness (QED) is 0.246. The maximum Gasteiger partial charge on any atom is 0.270 e. The number of benzene rings is 2. The van der Waals surface area contributed by atoms with Gasteiger partial charge < -0.3 is 10.6 Å². The molecule has 10 nitrogen and oxygen atoms in total. The number of nitrogens with one attached hydrogen (secondary N) is 3. The molecule has 3 rings (SSSR count). The van der Waals surface area contributed by atoms with Crippen LogP contribution in [0.5, 0.6) is 0 Å². The van der Waals surface area contributed by atoms with Gasteiger partial charge in [-0.2, -0.15) is 0 Å². The Balaban J connectivity index is 1.62. The number of thioether (sulfide) groups is 1. The van der Waals surface area contributed by atoms with Gasteiger partial charge in [0.2, 0.25) is 11.1 Å². The summed E-state index contributed by atoms with van der Waals surface area (Å²) < 4.78 is 0. The molecule has 0 saturated carbocycles. The summed E-state index contributed by atoms with van der Waals surface area (Å²) in [6.45, 7) is 5.76. The number of amides is 2. The van der Waals surface area contributed by atoms with Gasteiger partial charge in [-0.25, -0.2) is 4.98 Å². The van der Waals surface area contributed by atoms with Crippen molar-refractivity contribution in [3.8, 4) is 0 Å². The number of aromatic nitrogens is 3. The predicted molar refractivity (Wildman–Crippen MR) is 125 cm³/mol. The van der Waals surface area contributed by atoms with Gasteiger partial charge in [0.05, 0.1) is 16.7 Å². The minimum absolute atomic E-state index is 0.0388. The van der Waals surface area contributed by atoms with Gasteiger partial charge in [0.25, 0.3) is 11.6 Å². The molecule has 1 heterocycles. The first-order valence-corrected chi connectivity index (χ1v) is 11.2. The zero-order valence-electron chi connectivity index (χ0n) is 18.4. The summed E-state index contributed by atoms with van der Waals surface area (Å²) in [5.41, 5.74) is 1.79. The van der Waals surface area contributed by atoms with Crippen LogP contribution < -0.4 is 10.6 Å². The summed E-state index contributed by atoms with van der Waals surface area (Å²) in [5, 5.41) is 24.0. The van der Waals surface area contributed by atoms with Crippen molar-refractivity contribution in [3.05, 3.63) is 75.6 Å². The van der Waals surface area contributed by atoms with Gasteiger partial charge in [-0.15, -0.1) is 5.10 Å². The number of carbonyl (C=O) groups is 2. The summed E-state index contributed by atoms with van der Waals surface area (Å²) >= 11 is 1.17. The van der Waals surface area contributed by atoms with Crippen LogP contribution in [0.2, 0.25) is 0 Å². The number of anilines is 1. The second kappa shape index (κ2) is 10.7. The van der Waals surface area contributed by atoms with Crippen LogP contribution in [0.25, 0.3) is 0 Å². The van der Waals surface area contributed by atoms with Crippen LogP contribution >= 0.6 is 11.8 Å². The second-order valence-corrected chi connectivity index (χ2v) is 8.65. The fraction of sp³-hybridized carbons (Fsp3) is 0.273. The summed E-state index contributed by atoms with van der Waals surface area (Å²) in [4.78, 5) is 39.7. The van der Waals surface area contributed by atoms with Crippen molar-refractivity contribution < 1.29 is 14.5 Å². The Kier molecular flexibility index (Phi) is 7.78. The van der Waals surface area contributed by atoms with Crippen LogP contribution in [0, 0.1) is 23.0 Å². The van der Waals surface area contributed by atoms with Gasteiger partial charge in [-0.1, -0.05) is 43.8 Å². The van der Waals surface area contributed by atoms with Crippen LogP contribution in [-0.2, 0) is 4.79 Å². The van der Waals surface area contributed by atoms with E-state index in [4.69, 9.17) is 0 Å². The number of rotatable bonds is 9. The Bertz CT molecular complexity index is 1160. The SMILES string of the molecule is Cc1cccc(NC(=O)CSc2n[nH]c([C@@H](NC(=O)c3cccc([N+](=O)[O-])c3)C(C)C)n2)c1. The van der Waals surface area contributed by atoms with Gasteiger partial charge in [0.15, 0.2) is 0 Å². The third-order valence-electron chi connectivity index (χ3n) is 4.68. The lowest BCUT2D eigenvalue weighted by molar-refractivity contribution is -0.384. The highest BCUT2D eigenvalue weighted by Crippen LogP contribution is 2.23. The molecule has 0 unspecified atom stereocenters. The Morgan fingerprint density at radius 1 is 1.18 bits per heavy atom. The normalized spacial score (nSPS) is 11.8. The Morgan fingerprint density at radius 2 is 1.94 bits per heavy atom. The van der Waals surface area contributed by atoms with Gasteiger partial charge in [0, 0.05) is 23.4 Å². The molecule has 0 aliphatic carbocycles. The molecule has 2 amide bonds. The lowest BCUT2D eigenvalue weighted by atomic mass is 10.0. The number of non-ortho nitro benzene ring substituents is 1. The average Bonchev–Trinajstić information content (AvgIpc) is 3.24. The molecule has 0 fully saturated rings. The Hall–Kier alpha value is -3.73. The molecule has 0 aliphatic rings. The maximum atomic E-state index is 12.7. The van der Waals surface area contributed by atoms with Crippen LogP contribution in [0.3, 0.4) is 0 Å². The maximum absolute atomic E-state index is 12.7. The zero-order valence-corrected chi connectivity index (χ0v) is 19.2. The molecule has 0 aliphatic heterocycles. The molecule has 33 heavy (non-hydrogen) atoms. The van der Waals surface area contributed by atoms with Crippen LogP contribution in [-0.4, -0.2) is 37.7 Å². The van der Waals surface area contributed by atoms with Gasteiger partial charge in [0.1, 0.15) is 5.82 Å². The highest BCUT2D eigenvalue weighted by Gasteiger charge is 2.24. The number of aromatic amines is 1. The Labute approximate surface area is 194 Å². The van der Waals surface area contributed by atoms with Crippen molar-refractivity contribution in [2.75, 3.05) is 11.1 Å². The lowest BCUT2D eigenvalue weighted by Gasteiger charge is -2.19. The number of aryl methyl sites for hydroxylation is 1. The highest BCUT2D eigenvalue weighted by molar-refractivity contribution is 7.99. The van der Waals surface area contributed by atoms with E-state index in [-0.39, 0.29) is 28.8 Å². The molecular weight excluding hydrogens is 444 g/mol. The monoisotopic (exact) mass is 468 g/mol. The van der Waals surface area contributed by atoms with E-state index < -0.39 is 16.9 Å². The fourth-order valence-electron chi connectivity index (χ4n) is 3.05. The molecule has 11 heteroatoms. The van der Waals surface area contributed by atoms with Gasteiger partial charge in [-0.3, -0.25) is 24.8 Å². The van der Waals surface area contributed by atoms with E-state index in [1.165, 1.54) is 36.0 Å². The van der Waals surface area contributed by atoms with Crippen LogP contribution in [0.1, 0.15) is 41.6 Å². The fourth-order valence-corrected chi connectivity index (χ4v) is 3.65. The molecule has 0 radical (unpaired) electrons. The molecule has 0 spiro atoms. The molecule has 1 aromatic heterocycles. The van der Waals surface area contributed by atoms with E-state index in [1.807, 2.05) is 45.0 Å². The number of nitro groups is 1. The molecule has 172 valence electrons. The average molecular weight is 469 g/mol. The summed E-state index contributed by atoms with van der Waals surface area (Å²) in [7, 11) is 0. The molecular formula is C22H24N6O4S. The van der Waals surface area contributed by atoms with Crippen molar-refractivity contribution in [2.45, 2.75) is 32.0 Å². The smallest absolute Gasteiger partial charge is 0.270 e. The van der Waals surface area contributed by atoms with Gasteiger partial charge >= 0.3 is 0 Å². The number of hydrogen-bond donors (Lipinski definition) is 3. The number of nitrogens with zero attached hydrogens (tertiary/aromatic N) is 3. The standard InChI is InChI=1S/C22H24N6O4S/c1-13(2)19(24-21(30)15-7-5-9-17(11-15)28(31)32)20-25-22(27-26-20)33-12-18(29)23-16-8-4-6-14(3)10-16/h4-11,13,19H,12H2,1-3H3,(H,23,29)(H,24,30)(H,25,26,27)/t19-/m0/s1. The number of H-pyrrole nitrogens is 1. The van der Waals surface area contributed by atoms with Crippen molar-refractivity contribution in [1.29, 1.82) is 0 Å². The van der Waals surface area contributed by atoms with Crippen molar-refractivity contribution in [1.82, 2.24) is 20.5 Å². The second-order valence-electron chi connectivity index (χ2n) is 7.71. The third kappa shape index (κ3) is 6.62. The molecule has 0 bridgehead atoms. The van der Waals surface area contributed by atoms with E-state index in [1.54, 1.807) is 0 Å². The number of carbonyl (C=O) groups excluding carboxylic acids is 2. The molecule has 2 aromatic carbocycles. The lowest BCUT2D eigenvalue weighted by Crippen LogP contribution is -2.32. The molecule has 0 saturated heterocycles. The summed E-state index contributed by atoms with van der Waals surface area (Å²) in [6, 6.07) is 12.5. The minimum Gasteiger partial charge on any atom is -0.342 e. The van der Waals surface area contributed by atoms with E-state index in [9.17, 15) is 19.7 Å². The van der Waals surface area contributed by atoms with E-state index in [0.717, 1.165) is 11.3 Å². The first-order chi connectivity index (χ1) is 15.7. The van der Waals surface area contributed by atoms with Crippen molar-refractivity contribution in [3.63, 3.8) is 0 Å². The summed E-state index contributed by atoms with van der Waals surface area (Å²) in [5.74, 6) is -0.122. The summed E-state index contributed by atoms with van der Waals surface area (Å²) in [6.07, 6.45) is 0. The topological polar surface area (TPSA) is 143 Å². The van der Waals surface area contributed by atoms with Crippen LogP contribution in [0.4, 0.5) is 11.4 Å². The largest absolute Gasteiger partial charge is 0.342 e. The minimum atomic E-state index is -0.550. The van der Waals surface area contributed by atoms with Crippen LogP contribution in [0.15, 0.2) is 53.7 Å². The van der Waals surface area contributed by atoms with E-state index in [0.29, 0.717) is 11.0 Å². The predicted octanol–water partition coefficient (Wildman–Crippen LogP) is 3.88. The third-order valence-corrected chi connectivity index (χ3v) is 5.53. The molecule has 3 aromatic rings.